The van der Waals surface area contributed by atoms with E-state index in [-0.39, 0.29) is 16.5 Å². The third-order valence-electron chi connectivity index (χ3n) is 2.34. The predicted molar refractivity (Wildman–Crippen MR) is 68.3 cm³/mol. The zero-order valence-corrected chi connectivity index (χ0v) is 10.6. The van der Waals surface area contributed by atoms with Gasteiger partial charge in [0, 0.05) is 11.8 Å². The lowest BCUT2D eigenvalue weighted by Crippen LogP contribution is -1.99. The lowest BCUT2D eigenvalue weighted by atomic mass is 10.2. The summed E-state index contributed by atoms with van der Waals surface area (Å²) in [5.74, 6) is -1.32. The number of hydrogen-bond acceptors (Lipinski definition) is 3. The van der Waals surface area contributed by atoms with Crippen LogP contribution in [0.15, 0.2) is 24.3 Å². The fourth-order valence-electron chi connectivity index (χ4n) is 1.59. The second-order valence-corrected chi connectivity index (χ2v) is 4.27. The van der Waals surface area contributed by atoms with Gasteiger partial charge in [0.25, 0.3) is 0 Å². The van der Waals surface area contributed by atoms with Crippen molar-refractivity contribution < 1.29 is 8.78 Å². The van der Waals surface area contributed by atoms with Crippen LogP contribution < -0.4 is 5.32 Å². The molecule has 0 aliphatic carbocycles. The Morgan fingerprint density at radius 2 is 2.00 bits per heavy atom. The number of anilines is 2. The number of nitrogens with zero attached hydrogens (tertiary/aromatic N) is 2. The standard InChI is InChI=1S/C13H8ClF2N3/c1-7-2-8(6-17)3-12(18-7)19-13-10(14)4-9(15)5-11(13)16/h2-5H,1H3,(H,18,19). The molecule has 0 atom stereocenters. The second-order valence-electron chi connectivity index (χ2n) is 3.86. The van der Waals surface area contributed by atoms with Crippen molar-refractivity contribution in [1.82, 2.24) is 4.98 Å². The minimum Gasteiger partial charge on any atom is -0.337 e. The van der Waals surface area contributed by atoms with Crippen molar-refractivity contribution in [3.8, 4) is 6.07 Å². The van der Waals surface area contributed by atoms with Crippen molar-refractivity contribution in [1.29, 1.82) is 5.26 Å². The molecule has 3 nitrogen and oxygen atoms in total. The van der Waals surface area contributed by atoms with Gasteiger partial charge in [0.1, 0.15) is 11.6 Å². The maximum atomic E-state index is 13.6. The molecule has 0 saturated carbocycles. The molecule has 1 heterocycles. The first-order valence-electron chi connectivity index (χ1n) is 5.30. The molecule has 0 saturated heterocycles. The highest BCUT2D eigenvalue weighted by Gasteiger charge is 2.11. The molecule has 0 radical (unpaired) electrons. The highest BCUT2D eigenvalue weighted by molar-refractivity contribution is 6.33. The van der Waals surface area contributed by atoms with Crippen LogP contribution in [0.5, 0.6) is 0 Å². The van der Waals surface area contributed by atoms with Crippen molar-refractivity contribution in [3.63, 3.8) is 0 Å². The Morgan fingerprint density at radius 3 is 2.63 bits per heavy atom. The van der Waals surface area contributed by atoms with E-state index < -0.39 is 11.6 Å². The number of aromatic nitrogens is 1. The summed E-state index contributed by atoms with van der Waals surface area (Å²) in [6, 6.07) is 6.72. The zero-order valence-electron chi connectivity index (χ0n) is 9.84. The largest absolute Gasteiger partial charge is 0.337 e. The third kappa shape index (κ3) is 2.98. The van der Waals surface area contributed by atoms with Gasteiger partial charge in [0.15, 0.2) is 5.82 Å². The fourth-order valence-corrected chi connectivity index (χ4v) is 1.83. The third-order valence-corrected chi connectivity index (χ3v) is 2.64. The van der Waals surface area contributed by atoms with Gasteiger partial charge in [-0.25, -0.2) is 13.8 Å². The smallest absolute Gasteiger partial charge is 0.151 e. The van der Waals surface area contributed by atoms with E-state index in [9.17, 15) is 8.78 Å². The fraction of sp³-hybridized carbons (Fsp3) is 0.0769. The van der Waals surface area contributed by atoms with E-state index in [1.54, 1.807) is 13.0 Å². The summed E-state index contributed by atoms with van der Waals surface area (Å²) in [6.07, 6.45) is 0. The quantitative estimate of drug-likeness (QED) is 0.906. The number of pyridine rings is 1. The Bertz CT molecular complexity index is 657. The first-order chi connectivity index (χ1) is 8.99. The van der Waals surface area contributed by atoms with Gasteiger partial charge in [-0.3, -0.25) is 0 Å². The average molecular weight is 280 g/mol. The predicted octanol–water partition coefficient (Wildman–Crippen LogP) is 3.94. The molecule has 0 bridgehead atoms. The molecule has 0 fully saturated rings. The molecule has 0 unspecified atom stereocenters. The topological polar surface area (TPSA) is 48.7 Å². The van der Waals surface area contributed by atoms with Crippen molar-refractivity contribution >= 4 is 23.1 Å². The number of rotatable bonds is 2. The lowest BCUT2D eigenvalue weighted by molar-refractivity contribution is 0.586. The van der Waals surface area contributed by atoms with Gasteiger partial charge in [-0.15, -0.1) is 0 Å². The number of nitriles is 1. The molecule has 0 amide bonds. The molecule has 2 rings (SSSR count). The molecule has 1 aromatic heterocycles. The summed E-state index contributed by atoms with van der Waals surface area (Å²) >= 11 is 5.76. The SMILES string of the molecule is Cc1cc(C#N)cc(Nc2c(F)cc(F)cc2Cl)n1. The maximum absolute atomic E-state index is 13.6. The van der Waals surface area contributed by atoms with Gasteiger partial charge in [-0.05, 0) is 25.1 Å². The average Bonchev–Trinajstić information content (AvgIpc) is 2.33. The first kappa shape index (κ1) is 13.2. The van der Waals surface area contributed by atoms with E-state index in [0.29, 0.717) is 11.3 Å². The van der Waals surface area contributed by atoms with Gasteiger partial charge >= 0.3 is 0 Å². The van der Waals surface area contributed by atoms with Crippen molar-refractivity contribution in [2.24, 2.45) is 0 Å². The molecular weight excluding hydrogens is 272 g/mol. The Balaban J connectivity index is 2.42. The van der Waals surface area contributed by atoms with Gasteiger partial charge < -0.3 is 5.32 Å². The maximum Gasteiger partial charge on any atom is 0.151 e. The second kappa shape index (κ2) is 5.21. The van der Waals surface area contributed by atoms with Crippen LogP contribution in [-0.4, -0.2) is 4.98 Å². The van der Waals surface area contributed by atoms with Crippen LogP contribution in [0.2, 0.25) is 5.02 Å². The molecule has 1 aromatic carbocycles. The van der Waals surface area contributed by atoms with E-state index in [1.165, 1.54) is 6.07 Å². The van der Waals surface area contributed by atoms with Crippen LogP contribution in [0.25, 0.3) is 0 Å². The summed E-state index contributed by atoms with van der Waals surface area (Å²) in [6.45, 7) is 1.70. The summed E-state index contributed by atoms with van der Waals surface area (Å²) in [5.41, 5.74) is 0.902. The van der Waals surface area contributed by atoms with Crippen LogP contribution >= 0.6 is 11.6 Å². The summed E-state index contributed by atoms with van der Waals surface area (Å²) in [7, 11) is 0. The number of benzene rings is 1. The highest BCUT2D eigenvalue weighted by atomic mass is 35.5. The summed E-state index contributed by atoms with van der Waals surface area (Å²) in [5, 5.41) is 11.4. The molecule has 0 aliphatic rings. The van der Waals surface area contributed by atoms with Gasteiger partial charge in [-0.2, -0.15) is 5.26 Å². The number of aryl methyl sites for hydroxylation is 1. The summed E-state index contributed by atoms with van der Waals surface area (Å²) < 4.78 is 26.5. The lowest BCUT2D eigenvalue weighted by Gasteiger charge is -2.10. The Hall–Kier alpha value is -2.19. The minimum atomic E-state index is -0.827. The van der Waals surface area contributed by atoms with E-state index in [1.807, 2.05) is 6.07 Å². The molecule has 1 N–H and O–H groups in total. The molecule has 19 heavy (non-hydrogen) atoms. The molecule has 2 aromatic rings. The van der Waals surface area contributed by atoms with E-state index >= 15 is 0 Å². The zero-order chi connectivity index (χ0) is 14.0. The van der Waals surface area contributed by atoms with Crippen LogP contribution in [-0.2, 0) is 0 Å². The van der Waals surface area contributed by atoms with Crippen LogP contribution in [0.3, 0.4) is 0 Å². The van der Waals surface area contributed by atoms with E-state index in [4.69, 9.17) is 16.9 Å². The molecule has 0 spiro atoms. The number of nitrogens with one attached hydrogen (secondary N) is 1. The van der Waals surface area contributed by atoms with E-state index in [2.05, 4.69) is 10.3 Å². The van der Waals surface area contributed by atoms with Crippen LogP contribution in [0.4, 0.5) is 20.3 Å². The van der Waals surface area contributed by atoms with Crippen molar-refractivity contribution in [2.75, 3.05) is 5.32 Å². The minimum absolute atomic E-state index is 0.0787. The molecule has 96 valence electrons. The van der Waals surface area contributed by atoms with Gasteiger partial charge in [0.2, 0.25) is 0 Å². The van der Waals surface area contributed by atoms with Gasteiger partial charge in [0.05, 0.1) is 22.3 Å². The Labute approximate surface area is 113 Å². The summed E-state index contributed by atoms with van der Waals surface area (Å²) in [4.78, 5) is 4.10. The number of hydrogen-bond donors (Lipinski definition) is 1. The van der Waals surface area contributed by atoms with E-state index in [0.717, 1.165) is 12.1 Å². The molecule has 6 heteroatoms. The van der Waals surface area contributed by atoms with Crippen molar-refractivity contribution in [2.45, 2.75) is 6.92 Å². The van der Waals surface area contributed by atoms with Gasteiger partial charge in [-0.1, -0.05) is 11.6 Å². The highest BCUT2D eigenvalue weighted by Crippen LogP contribution is 2.29. The monoisotopic (exact) mass is 279 g/mol. The Kier molecular flexibility index (Phi) is 3.63. The van der Waals surface area contributed by atoms with Crippen LogP contribution in [0, 0.1) is 29.9 Å². The first-order valence-corrected chi connectivity index (χ1v) is 5.68. The normalized spacial score (nSPS) is 10.1. The molecular formula is C13H8ClF2N3. The molecule has 0 aliphatic heterocycles. The van der Waals surface area contributed by atoms with Crippen molar-refractivity contribution in [3.05, 3.63) is 52.2 Å². The Morgan fingerprint density at radius 1 is 1.26 bits per heavy atom. The van der Waals surface area contributed by atoms with Crippen LogP contribution in [0.1, 0.15) is 11.3 Å². The number of halogens is 3.